The van der Waals surface area contributed by atoms with Gasteiger partial charge in [-0.2, -0.15) is 0 Å². The minimum absolute atomic E-state index is 0.0456. The molecule has 1 aromatic rings. The minimum Gasteiger partial charge on any atom is -0.333 e. The number of hydrogen-bond acceptors (Lipinski definition) is 2. The molecule has 2 amide bonds. The summed E-state index contributed by atoms with van der Waals surface area (Å²) in [7, 11) is 0. The normalized spacial score (nSPS) is 16.2. The van der Waals surface area contributed by atoms with Gasteiger partial charge < -0.3 is 10.2 Å². The van der Waals surface area contributed by atoms with E-state index in [1.54, 1.807) is 0 Å². The number of nitrogens with zero attached hydrogens (tertiary/aromatic N) is 1. The zero-order valence-corrected chi connectivity index (χ0v) is 10.6. The largest absolute Gasteiger partial charge is 0.333 e. The van der Waals surface area contributed by atoms with Crippen LogP contribution in [0, 0.1) is 0 Å². The van der Waals surface area contributed by atoms with Gasteiger partial charge in [0.15, 0.2) is 0 Å². The summed E-state index contributed by atoms with van der Waals surface area (Å²) in [5.74, 6) is 0. The summed E-state index contributed by atoms with van der Waals surface area (Å²) in [4.78, 5) is 14.7. The van der Waals surface area contributed by atoms with Crippen molar-refractivity contribution >= 4 is 29.0 Å². The number of hydrogen-bond donors (Lipinski definition) is 1. The van der Waals surface area contributed by atoms with Gasteiger partial charge in [-0.05, 0) is 31.4 Å². The van der Waals surface area contributed by atoms with Gasteiger partial charge in [0.1, 0.15) is 0 Å². The van der Waals surface area contributed by atoms with Crippen LogP contribution in [0.15, 0.2) is 12.1 Å². The van der Waals surface area contributed by atoms with E-state index in [1.165, 1.54) is 17.8 Å². The summed E-state index contributed by atoms with van der Waals surface area (Å²) >= 11 is 7.33. The molecule has 0 atom stereocenters. The molecule has 1 fully saturated rings. The van der Waals surface area contributed by atoms with E-state index in [9.17, 15) is 4.79 Å². The van der Waals surface area contributed by atoms with Crippen molar-refractivity contribution in [1.82, 2.24) is 10.2 Å². The molecule has 0 aromatic carbocycles. The van der Waals surface area contributed by atoms with E-state index in [0.717, 1.165) is 35.1 Å². The maximum Gasteiger partial charge on any atom is 0.317 e. The fourth-order valence-electron chi connectivity index (χ4n) is 1.82. The van der Waals surface area contributed by atoms with Gasteiger partial charge in [-0.3, -0.25) is 0 Å². The van der Waals surface area contributed by atoms with Crippen LogP contribution in [0.4, 0.5) is 4.79 Å². The molecule has 0 bridgehead atoms. The van der Waals surface area contributed by atoms with Crippen LogP contribution in [-0.2, 0) is 6.54 Å². The number of halogens is 1. The Morgan fingerprint density at radius 2 is 2.12 bits per heavy atom. The van der Waals surface area contributed by atoms with Gasteiger partial charge in [-0.1, -0.05) is 11.6 Å². The third-order valence-corrected chi connectivity index (χ3v) is 3.92. The van der Waals surface area contributed by atoms with E-state index >= 15 is 0 Å². The molecular weight excluding hydrogens is 244 g/mol. The highest BCUT2D eigenvalue weighted by Crippen LogP contribution is 2.21. The maximum absolute atomic E-state index is 11.8. The van der Waals surface area contributed by atoms with Gasteiger partial charge in [0.05, 0.1) is 10.9 Å². The second kappa shape index (κ2) is 5.55. The van der Waals surface area contributed by atoms with E-state index in [0.29, 0.717) is 6.54 Å². The van der Waals surface area contributed by atoms with E-state index in [1.807, 2.05) is 17.0 Å². The fraction of sp³-hybridized carbons (Fsp3) is 0.545. The van der Waals surface area contributed by atoms with E-state index in [2.05, 4.69) is 5.32 Å². The van der Waals surface area contributed by atoms with Gasteiger partial charge in [-0.25, -0.2) is 4.79 Å². The number of urea groups is 1. The van der Waals surface area contributed by atoms with Gasteiger partial charge in [0.25, 0.3) is 0 Å². The van der Waals surface area contributed by atoms with Crippen molar-refractivity contribution in [1.29, 1.82) is 0 Å². The lowest BCUT2D eigenvalue weighted by Crippen LogP contribution is -2.42. The Morgan fingerprint density at radius 3 is 2.75 bits per heavy atom. The Balaban J connectivity index is 1.78. The quantitative estimate of drug-likeness (QED) is 0.869. The summed E-state index contributed by atoms with van der Waals surface area (Å²) in [5.41, 5.74) is 0. The Morgan fingerprint density at radius 1 is 1.38 bits per heavy atom. The summed E-state index contributed by atoms with van der Waals surface area (Å²) < 4.78 is 0.766. The molecule has 0 aliphatic carbocycles. The third kappa shape index (κ3) is 3.12. The molecule has 16 heavy (non-hydrogen) atoms. The summed E-state index contributed by atoms with van der Waals surface area (Å²) in [6.45, 7) is 2.35. The second-order valence-corrected chi connectivity index (χ2v) is 5.71. The van der Waals surface area contributed by atoms with Crippen molar-refractivity contribution in [2.45, 2.75) is 25.8 Å². The first-order valence-electron chi connectivity index (χ1n) is 5.53. The lowest BCUT2D eigenvalue weighted by atomic mass is 10.1. The highest BCUT2D eigenvalue weighted by atomic mass is 35.5. The van der Waals surface area contributed by atoms with Crippen molar-refractivity contribution in [2.24, 2.45) is 0 Å². The number of nitrogens with one attached hydrogen (secondary N) is 1. The number of piperidine rings is 1. The standard InChI is InChI=1S/C11H15ClN2OS/c12-10-5-4-9(16-10)8-13-11(15)14-6-2-1-3-7-14/h4-5H,1-3,6-8H2,(H,13,15). The molecule has 2 heterocycles. The Kier molecular flexibility index (Phi) is 4.07. The monoisotopic (exact) mass is 258 g/mol. The highest BCUT2D eigenvalue weighted by molar-refractivity contribution is 7.16. The zero-order valence-electron chi connectivity index (χ0n) is 9.04. The Hall–Kier alpha value is -0.740. The Bertz CT molecular complexity index is 361. The first-order chi connectivity index (χ1) is 7.75. The molecule has 1 aromatic heterocycles. The molecule has 0 spiro atoms. The van der Waals surface area contributed by atoms with Crippen LogP contribution in [0.5, 0.6) is 0 Å². The molecule has 5 heteroatoms. The van der Waals surface area contributed by atoms with Crippen LogP contribution >= 0.6 is 22.9 Å². The number of carbonyl (C=O) groups is 1. The fourth-order valence-corrected chi connectivity index (χ4v) is 2.85. The maximum atomic E-state index is 11.8. The molecule has 1 saturated heterocycles. The number of thiophene rings is 1. The molecule has 1 N–H and O–H groups in total. The lowest BCUT2D eigenvalue weighted by Gasteiger charge is -2.26. The topological polar surface area (TPSA) is 32.3 Å². The van der Waals surface area contributed by atoms with Crippen molar-refractivity contribution in [3.05, 3.63) is 21.3 Å². The van der Waals surface area contributed by atoms with Gasteiger partial charge in [-0.15, -0.1) is 11.3 Å². The number of likely N-dealkylation sites (tertiary alicyclic amines) is 1. The summed E-state index contributed by atoms with van der Waals surface area (Å²) in [6.07, 6.45) is 3.49. The van der Waals surface area contributed by atoms with Gasteiger partial charge in [0, 0.05) is 18.0 Å². The number of amides is 2. The van der Waals surface area contributed by atoms with Crippen LogP contribution < -0.4 is 5.32 Å². The minimum atomic E-state index is 0.0456. The average Bonchev–Trinajstić information content (AvgIpc) is 2.73. The van der Waals surface area contributed by atoms with Crippen LogP contribution in [0.25, 0.3) is 0 Å². The first-order valence-corrected chi connectivity index (χ1v) is 6.72. The van der Waals surface area contributed by atoms with Crippen molar-refractivity contribution in [3.63, 3.8) is 0 Å². The van der Waals surface area contributed by atoms with E-state index in [4.69, 9.17) is 11.6 Å². The first kappa shape index (κ1) is 11.7. The van der Waals surface area contributed by atoms with Gasteiger partial charge in [0.2, 0.25) is 0 Å². The van der Waals surface area contributed by atoms with E-state index in [-0.39, 0.29) is 6.03 Å². The predicted molar refractivity (Wildman–Crippen MR) is 67.0 cm³/mol. The SMILES string of the molecule is O=C(NCc1ccc(Cl)s1)N1CCCCC1. The van der Waals surface area contributed by atoms with Crippen LogP contribution in [-0.4, -0.2) is 24.0 Å². The summed E-state index contributed by atoms with van der Waals surface area (Å²) in [6, 6.07) is 3.85. The highest BCUT2D eigenvalue weighted by Gasteiger charge is 2.15. The Labute approximate surface area is 104 Å². The smallest absolute Gasteiger partial charge is 0.317 e. The van der Waals surface area contributed by atoms with Crippen molar-refractivity contribution < 1.29 is 4.79 Å². The molecule has 3 nitrogen and oxygen atoms in total. The average molecular weight is 259 g/mol. The molecule has 0 saturated carbocycles. The van der Waals surface area contributed by atoms with Crippen LogP contribution in [0.2, 0.25) is 4.34 Å². The molecular formula is C11H15ClN2OS. The van der Waals surface area contributed by atoms with Crippen molar-refractivity contribution in [2.75, 3.05) is 13.1 Å². The van der Waals surface area contributed by atoms with Crippen LogP contribution in [0.1, 0.15) is 24.1 Å². The van der Waals surface area contributed by atoms with Crippen molar-refractivity contribution in [3.8, 4) is 0 Å². The molecule has 1 aliphatic heterocycles. The molecule has 0 radical (unpaired) electrons. The van der Waals surface area contributed by atoms with E-state index < -0.39 is 0 Å². The van der Waals surface area contributed by atoms with Crippen LogP contribution in [0.3, 0.4) is 0 Å². The van der Waals surface area contributed by atoms with Gasteiger partial charge >= 0.3 is 6.03 Å². The molecule has 2 rings (SSSR count). The number of rotatable bonds is 2. The predicted octanol–water partition coefficient (Wildman–Crippen LogP) is 3.10. The lowest BCUT2D eigenvalue weighted by molar-refractivity contribution is 0.186. The summed E-state index contributed by atoms with van der Waals surface area (Å²) in [5, 5.41) is 2.92. The molecule has 1 aliphatic rings. The third-order valence-electron chi connectivity index (χ3n) is 2.69. The molecule has 88 valence electrons. The molecule has 0 unspecified atom stereocenters. The second-order valence-electron chi connectivity index (χ2n) is 3.91. The zero-order chi connectivity index (χ0) is 11.4. The number of carbonyl (C=O) groups excluding carboxylic acids is 1.